The van der Waals surface area contributed by atoms with Crippen molar-refractivity contribution < 1.29 is 9.53 Å². The minimum atomic E-state index is -0.383. The fraction of sp³-hybridized carbons (Fsp3) is 0.600. The summed E-state index contributed by atoms with van der Waals surface area (Å²) in [4.78, 5) is 11.6. The number of carbonyl (C=O) groups excluding carboxylic acids is 1. The first-order chi connectivity index (χ1) is 7.15. The summed E-state index contributed by atoms with van der Waals surface area (Å²) in [6.45, 7) is 6.63. The lowest BCUT2D eigenvalue weighted by Crippen LogP contribution is -2.10. The predicted octanol–water partition coefficient (Wildman–Crippen LogP) is 1.22. The van der Waals surface area contributed by atoms with Gasteiger partial charge in [0.05, 0.1) is 12.3 Å². The SMILES string of the molecule is CCOC(=O)c1c(CC)nn(CC)c1N. The van der Waals surface area contributed by atoms with Crippen LogP contribution in [0.25, 0.3) is 0 Å². The van der Waals surface area contributed by atoms with Gasteiger partial charge in [0.1, 0.15) is 11.4 Å². The van der Waals surface area contributed by atoms with Gasteiger partial charge in [0, 0.05) is 6.54 Å². The summed E-state index contributed by atoms with van der Waals surface area (Å²) in [5, 5.41) is 4.24. The third kappa shape index (κ3) is 2.11. The molecule has 0 aliphatic rings. The fourth-order valence-electron chi connectivity index (χ4n) is 1.44. The van der Waals surface area contributed by atoms with E-state index in [1.807, 2.05) is 13.8 Å². The van der Waals surface area contributed by atoms with Gasteiger partial charge in [-0.3, -0.25) is 0 Å². The average molecular weight is 211 g/mol. The van der Waals surface area contributed by atoms with Gasteiger partial charge in [0.15, 0.2) is 0 Å². The van der Waals surface area contributed by atoms with Crippen molar-refractivity contribution in [1.82, 2.24) is 9.78 Å². The van der Waals surface area contributed by atoms with E-state index in [0.717, 1.165) is 0 Å². The van der Waals surface area contributed by atoms with Crippen LogP contribution in [0.1, 0.15) is 36.8 Å². The molecule has 0 radical (unpaired) electrons. The molecule has 5 nitrogen and oxygen atoms in total. The largest absolute Gasteiger partial charge is 0.462 e. The number of aromatic nitrogens is 2. The summed E-state index contributed by atoms with van der Waals surface area (Å²) >= 11 is 0. The van der Waals surface area contributed by atoms with Crippen LogP contribution < -0.4 is 5.73 Å². The Morgan fingerprint density at radius 1 is 1.47 bits per heavy atom. The van der Waals surface area contributed by atoms with Gasteiger partial charge >= 0.3 is 5.97 Å². The first kappa shape index (κ1) is 11.6. The standard InChI is InChI=1S/C10H17N3O2/c1-4-7-8(10(14)15-6-3)9(11)13(5-2)12-7/h4-6,11H2,1-3H3. The molecule has 0 unspecified atom stereocenters. The van der Waals surface area contributed by atoms with Crippen LogP contribution in [0.2, 0.25) is 0 Å². The quantitative estimate of drug-likeness (QED) is 0.760. The Hall–Kier alpha value is -1.52. The first-order valence-electron chi connectivity index (χ1n) is 5.17. The van der Waals surface area contributed by atoms with E-state index >= 15 is 0 Å². The van der Waals surface area contributed by atoms with E-state index in [9.17, 15) is 4.79 Å². The average Bonchev–Trinajstić information content (AvgIpc) is 2.55. The monoisotopic (exact) mass is 211 g/mol. The van der Waals surface area contributed by atoms with Crippen molar-refractivity contribution in [2.24, 2.45) is 0 Å². The van der Waals surface area contributed by atoms with Crippen LogP contribution in [0, 0.1) is 0 Å². The predicted molar refractivity (Wildman–Crippen MR) is 57.6 cm³/mol. The Balaban J connectivity index is 3.13. The highest BCUT2D eigenvalue weighted by atomic mass is 16.5. The highest BCUT2D eigenvalue weighted by Crippen LogP contribution is 2.18. The highest BCUT2D eigenvalue weighted by molar-refractivity contribution is 5.95. The zero-order valence-corrected chi connectivity index (χ0v) is 9.41. The van der Waals surface area contributed by atoms with Crippen LogP contribution in [0.3, 0.4) is 0 Å². The number of hydrogen-bond donors (Lipinski definition) is 1. The van der Waals surface area contributed by atoms with Crippen LogP contribution in [0.15, 0.2) is 0 Å². The maximum absolute atomic E-state index is 11.6. The molecule has 0 bridgehead atoms. The number of hydrogen-bond acceptors (Lipinski definition) is 4. The van der Waals surface area contributed by atoms with Crippen molar-refractivity contribution in [3.8, 4) is 0 Å². The van der Waals surface area contributed by atoms with Gasteiger partial charge in [-0.05, 0) is 20.3 Å². The summed E-state index contributed by atoms with van der Waals surface area (Å²) in [6.07, 6.45) is 0.672. The number of nitrogens with zero attached hydrogens (tertiary/aromatic N) is 2. The maximum Gasteiger partial charge on any atom is 0.343 e. The van der Waals surface area contributed by atoms with Crippen molar-refractivity contribution in [2.45, 2.75) is 33.7 Å². The molecule has 2 N–H and O–H groups in total. The zero-order chi connectivity index (χ0) is 11.4. The molecule has 1 aromatic heterocycles. The molecule has 84 valence electrons. The minimum absolute atomic E-state index is 0.346. The number of nitrogen functional groups attached to an aromatic ring is 1. The minimum Gasteiger partial charge on any atom is -0.462 e. The van der Waals surface area contributed by atoms with E-state index in [4.69, 9.17) is 10.5 Å². The molecular formula is C10H17N3O2. The van der Waals surface area contributed by atoms with E-state index in [0.29, 0.717) is 36.6 Å². The smallest absolute Gasteiger partial charge is 0.343 e. The van der Waals surface area contributed by atoms with Gasteiger partial charge in [0.25, 0.3) is 0 Å². The van der Waals surface area contributed by atoms with Gasteiger partial charge in [-0.15, -0.1) is 0 Å². The van der Waals surface area contributed by atoms with E-state index in [1.54, 1.807) is 11.6 Å². The molecule has 1 rings (SSSR count). The fourth-order valence-corrected chi connectivity index (χ4v) is 1.44. The molecule has 0 aromatic carbocycles. The number of ether oxygens (including phenoxy) is 1. The Bertz CT molecular complexity index is 358. The van der Waals surface area contributed by atoms with Gasteiger partial charge < -0.3 is 10.5 Å². The molecule has 0 saturated heterocycles. The third-order valence-corrected chi connectivity index (χ3v) is 2.18. The summed E-state index contributed by atoms with van der Waals surface area (Å²) < 4.78 is 6.55. The van der Waals surface area contributed by atoms with Crippen LogP contribution >= 0.6 is 0 Å². The van der Waals surface area contributed by atoms with Gasteiger partial charge in [0.2, 0.25) is 0 Å². The summed E-state index contributed by atoms with van der Waals surface area (Å²) in [7, 11) is 0. The molecular weight excluding hydrogens is 194 g/mol. The lowest BCUT2D eigenvalue weighted by atomic mass is 10.2. The first-order valence-corrected chi connectivity index (χ1v) is 5.17. The molecule has 0 spiro atoms. The topological polar surface area (TPSA) is 70.1 Å². The number of aryl methyl sites for hydroxylation is 2. The van der Waals surface area contributed by atoms with Gasteiger partial charge in [-0.25, -0.2) is 9.48 Å². The van der Waals surface area contributed by atoms with E-state index in [2.05, 4.69) is 5.10 Å². The lowest BCUT2D eigenvalue weighted by molar-refractivity contribution is 0.0526. The van der Waals surface area contributed by atoms with Crippen LogP contribution in [0.4, 0.5) is 5.82 Å². The number of rotatable bonds is 4. The zero-order valence-electron chi connectivity index (χ0n) is 9.41. The summed E-state index contributed by atoms with van der Waals surface area (Å²) in [5.74, 6) is 0.0133. The molecule has 0 aliphatic heterocycles. The van der Waals surface area contributed by atoms with E-state index < -0.39 is 0 Å². The Morgan fingerprint density at radius 3 is 2.60 bits per heavy atom. The van der Waals surface area contributed by atoms with E-state index in [-0.39, 0.29) is 5.97 Å². The Labute approximate surface area is 89.2 Å². The van der Waals surface area contributed by atoms with Crippen molar-refractivity contribution in [1.29, 1.82) is 0 Å². The normalized spacial score (nSPS) is 10.3. The second-order valence-corrected chi connectivity index (χ2v) is 3.10. The molecule has 0 aliphatic carbocycles. The molecule has 0 fully saturated rings. The number of anilines is 1. The van der Waals surface area contributed by atoms with Crippen molar-refractivity contribution in [3.63, 3.8) is 0 Å². The second kappa shape index (κ2) is 4.82. The molecule has 0 amide bonds. The van der Waals surface area contributed by atoms with Crippen molar-refractivity contribution in [2.75, 3.05) is 12.3 Å². The van der Waals surface area contributed by atoms with Gasteiger partial charge in [-0.1, -0.05) is 6.92 Å². The van der Waals surface area contributed by atoms with Gasteiger partial charge in [-0.2, -0.15) is 5.10 Å². The Morgan fingerprint density at radius 2 is 2.13 bits per heavy atom. The molecule has 1 aromatic rings. The Kier molecular flexibility index (Phi) is 3.71. The summed E-state index contributed by atoms with van der Waals surface area (Å²) in [6, 6.07) is 0. The number of nitrogens with two attached hydrogens (primary N) is 1. The molecule has 1 heterocycles. The molecule has 0 atom stereocenters. The maximum atomic E-state index is 11.6. The van der Waals surface area contributed by atoms with Crippen LogP contribution in [0.5, 0.6) is 0 Å². The van der Waals surface area contributed by atoms with Crippen LogP contribution in [-0.4, -0.2) is 22.4 Å². The number of carbonyl (C=O) groups is 1. The van der Waals surface area contributed by atoms with Crippen molar-refractivity contribution >= 4 is 11.8 Å². The molecule has 5 heteroatoms. The summed E-state index contributed by atoms with van der Waals surface area (Å²) in [5.41, 5.74) is 6.94. The van der Waals surface area contributed by atoms with E-state index in [1.165, 1.54) is 0 Å². The lowest BCUT2D eigenvalue weighted by Gasteiger charge is -2.02. The number of esters is 1. The van der Waals surface area contributed by atoms with Crippen molar-refractivity contribution in [3.05, 3.63) is 11.3 Å². The van der Waals surface area contributed by atoms with Crippen LogP contribution in [-0.2, 0) is 17.7 Å². The third-order valence-electron chi connectivity index (χ3n) is 2.18. The second-order valence-electron chi connectivity index (χ2n) is 3.10. The highest BCUT2D eigenvalue weighted by Gasteiger charge is 2.21. The molecule has 0 saturated carbocycles. The molecule has 15 heavy (non-hydrogen) atoms.